The highest BCUT2D eigenvalue weighted by atomic mass is 16.2. The molecular weight excluding hydrogens is 330 g/mol. The van der Waals surface area contributed by atoms with Gasteiger partial charge in [-0.1, -0.05) is 30.3 Å². The summed E-state index contributed by atoms with van der Waals surface area (Å²) in [7, 11) is 1.54. The number of pyridine rings is 1. The smallest absolute Gasteiger partial charge is 0.246 e. The summed E-state index contributed by atoms with van der Waals surface area (Å²) in [6.07, 6.45) is 5.00. The van der Waals surface area contributed by atoms with Crippen LogP contribution in [0.15, 0.2) is 67.1 Å². The lowest BCUT2D eigenvalue weighted by molar-refractivity contribution is -0.129. The van der Waals surface area contributed by atoms with E-state index >= 15 is 0 Å². The Morgan fingerprint density at radius 2 is 1.77 bits per heavy atom. The van der Waals surface area contributed by atoms with Gasteiger partial charge in [-0.2, -0.15) is 5.10 Å². The Bertz CT molecular complexity index is 877. The molecule has 0 radical (unpaired) electrons. The van der Waals surface area contributed by atoms with Crippen molar-refractivity contribution in [3.63, 3.8) is 0 Å². The Balaban J connectivity index is 1.76. The minimum atomic E-state index is -0.756. The largest absolute Gasteiger partial charge is 0.357 e. The van der Waals surface area contributed by atoms with Crippen LogP contribution in [0.3, 0.4) is 0 Å². The summed E-state index contributed by atoms with van der Waals surface area (Å²) in [5, 5.41) is 9.57. The van der Waals surface area contributed by atoms with Crippen molar-refractivity contribution in [3.8, 4) is 11.3 Å². The molecule has 1 atom stereocenters. The van der Waals surface area contributed by atoms with E-state index in [4.69, 9.17) is 0 Å². The molecule has 0 aliphatic carbocycles. The molecule has 132 valence electrons. The lowest BCUT2D eigenvalue weighted by Crippen LogP contribution is -2.40. The molecule has 0 bridgehead atoms. The minimum Gasteiger partial charge on any atom is -0.357 e. The molecule has 0 saturated carbocycles. The van der Waals surface area contributed by atoms with E-state index in [-0.39, 0.29) is 18.4 Å². The van der Waals surface area contributed by atoms with E-state index in [9.17, 15) is 9.59 Å². The third-order valence-electron chi connectivity index (χ3n) is 3.93. The maximum absolute atomic E-state index is 12.5. The number of carbonyl (C=O) groups is 2. The zero-order chi connectivity index (χ0) is 18.4. The quantitative estimate of drug-likeness (QED) is 0.707. The molecule has 1 aromatic carbocycles. The van der Waals surface area contributed by atoms with Gasteiger partial charge in [0.2, 0.25) is 11.8 Å². The average Bonchev–Trinajstić information content (AvgIpc) is 3.15. The van der Waals surface area contributed by atoms with Gasteiger partial charge >= 0.3 is 0 Å². The van der Waals surface area contributed by atoms with Crippen molar-refractivity contribution < 1.29 is 9.59 Å². The molecule has 3 rings (SSSR count). The van der Waals surface area contributed by atoms with E-state index in [1.807, 2.05) is 36.4 Å². The molecule has 7 heteroatoms. The van der Waals surface area contributed by atoms with Crippen LogP contribution in [0.5, 0.6) is 0 Å². The molecule has 2 N–H and O–H groups in total. The molecule has 2 heterocycles. The van der Waals surface area contributed by atoms with Crippen molar-refractivity contribution in [3.05, 3.63) is 72.7 Å². The van der Waals surface area contributed by atoms with Crippen molar-refractivity contribution in [2.24, 2.45) is 0 Å². The van der Waals surface area contributed by atoms with Gasteiger partial charge < -0.3 is 10.6 Å². The molecule has 0 saturated heterocycles. The number of rotatable bonds is 6. The third-order valence-corrected chi connectivity index (χ3v) is 3.93. The van der Waals surface area contributed by atoms with Crippen LogP contribution in [0.1, 0.15) is 11.6 Å². The Labute approximate surface area is 151 Å². The second-order valence-corrected chi connectivity index (χ2v) is 5.64. The number of hydrogen-bond acceptors (Lipinski definition) is 4. The van der Waals surface area contributed by atoms with Gasteiger partial charge in [-0.15, -0.1) is 0 Å². The van der Waals surface area contributed by atoms with Gasteiger partial charge in [0.1, 0.15) is 12.6 Å². The molecular formula is C19H19N5O2. The van der Waals surface area contributed by atoms with Crippen molar-refractivity contribution in [1.29, 1.82) is 0 Å². The van der Waals surface area contributed by atoms with Crippen LogP contribution < -0.4 is 10.6 Å². The zero-order valence-electron chi connectivity index (χ0n) is 14.3. The lowest BCUT2D eigenvalue weighted by Gasteiger charge is -2.18. The average molecular weight is 349 g/mol. The summed E-state index contributed by atoms with van der Waals surface area (Å²) < 4.78 is 1.59. The topological polar surface area (TPSA) is 88.9 Å². The minimum absolute atomic E-state index is 0.00494. The van der Waals surface area contributed by atoms with Gasteiger partial charge in [0, 0.05) is 31.2 Å². The fourth-order valence-electron chi connectivity index (χ4n) is 2.66. The van der Waals surface area contributed by atoms with Crippen LogP contribution >= 0.6 is 0 Å². The molecule has 3 aromatic rings. The monoisotopic (exact) mass is 349 g/mol. The van der Waals surface area contributed by atoms with Gasteiger partial charge in [0.15, 0.2) is 0 Å². The molecule has 7 nitrogen and oxygen atoms in total. The molecule has 0 unspecified atom stereocenters. The molecule has 26 heavy (non-hydrogen) atoms. The van der Waals surface area contributed by atoms with E-state index in [1.54, 1.807) is 42.5 Å². The highest BCUT2D eigenvalue weighted by molar-refractivity contribution is 5.88. The van der Waals surface area contributed by atoms with Crippen LogP contribution in [-0.2, 0) is 16.1 Å². The summed E-state index contributed by atoms with van der Waals surface area (Å²) >= 11 is 0. The number of hydrogen-bond donors (Lipinski definition) is 2. The van der Waals surface area contributed by atoms with E-state index in [0.717, 1.165) is 16.8 Å². The maximum atomic E-state index is 12.5. The summed E-state index contributed by atoms with van der Waals surface area (Å²) in [4.78, 5) is 28.7. The molecule has 0 fully saturated rings. The standard InChI is InChI=1S/C19H19N5O2/c1-20-19(26)18(15-5-3-2-4-6-15)23-17(25)13-24-16(9-12-22-24)14-7-10-21-11-8-14/h2-12,18H,13H2,1H3,(H,20,26)(H,23,25)/t18-/m1/s1. The summed E-state index contributed by atoms with van der Waals surface area (Å²) in [5.74, 6) is -0.583. The number of carbonyl (C=O) groups excluding carboxylic acids is 2. The predicted molar refractivity (Wildman–Crippen MR) is 96.9 cm³/mol. The molecule has 0 aliphatic heterocycles. The van der Waals surface area contributed by atoms with Gasteiger partial charge in [-0.05, 0) is 23.8 Å². The molecule has 0 aliphatic rings. The highest BCUT2D eigenvalue weighted by Crippen LogP contribution is 2.18. The van der Waals surface area contributed by atoms with Crippen LogP contribution in [-0.4, -0.2) is 33.6 Å². The number of nitrogens with one attached hydrogen (secondary N) is 2. The molecule has 2 amide bonds. The van der Waals surface area contributed by atoms with E-state index in [2.05, 4.69) is 20.7 Å². The van der Waals surface area contributed by atoms with Crippen LogP contribution in [0.2, 0.25) is 0 Å². The second kappa shape index (κ2) is 8.06. The molecule has 2 aromatic heterocycles. The first kappa shape index (κ1) is 17.3. The summed E-state index contributed by atoms with van der Waals surface area (Å²) in [6, 6.07) is 13.9. The van der Waals surface area contributed by atoms with E-state index < -0.39 is 6.04 Å². The maximum Gasteiger partial charge on any atom is 0.246 e. The number of likely N-dealkylation sites (N-methyl/N-ethyl adjacent to an activating group) is 1. The Kier molecular flexibility index (Phi) is 5.38. The molecule has 0 spiro atoms. The summed E-state index contributed by atoms with van der Waals surface area (Å²) in [5.41, 5.74) is 2.44. The lowest BCUT2D eigenvalue weighted by atomic mass is 10.1. The van der Waals surface area contributed by atoms with E-state index in [1.165, 1.54) is 0 Å². The van der Waals surface area contributed by atoms with Crippen LogP contribution in [0.4, 0.5) is 0 Å². The number of nitrogens with zero attached hydrogens (tertiary/aromatic N) is 3. The van der Waals surface area contributed by atoms with Crippen molar-refractivity contribution in [1.82, 2.24) is 25.4 Å². The summed E-state index contributed by atoms with van der Waals surface area (Å²) in [6.45, 7) is 0.00494. The second-order valence-electron chi connectivity index (χ2n) is 5.64. The highest BCUT2D eigenvalue weighted by Gasteiger charge is 2.22. The SMILES string of the molecule is CNC(=O)[C@H](NC(=O)Cn1nccc1-c1ccncc1)c1ccccc1. The van der Waals surface area contributed by atoms with Crippen molar-refractivity contribution in [2.45, 2.75) is 12.6 Å². The van der Waals surface area contributed by atoms with E-state index in [0.29, 0.717) is 0 Å². The van der Waals surface area contributed by atoms with Crippen LogP contribution in [0, 0.1) is 0 Å². The number of aromatic nitrogens is 3. The number of benzene rings is 1. The van der Waals surface area contributed by atoms with Gasteiger partial charge in [0.05, 0.1) is 5.69 Å². The van der Waals surface area contributed by atoms with Crippen molar-refractivity contribution >= 4 is 11.8 Å². The normalized spacial score (nSPS) is 11.6. The van der Waals surface area contributed by atoms with Gasteiger partial charge in [-0.3, -0.25) is 19.3 Å². The third kappa shape index (κ3) is 3.94. The van der Waals surface area contributed by atoms with Crippen molar-refractivity contribution in [2.75, 3.05) is 7.05 Å². The number of amides is 2. The van der Waals surface area contributed by atoms with Gasteiger partial charge in [-0.25, -0.2) is 0 Å². The Hall–Kier alpha value is -3.48. The van der Waals surface area contributed by atoms with Crippen LogP contribution in [0.25, 0.3) is 11.3 Å². The first-order valence-electron chi connectivity index (χ1n) is 8.17. The first-order chi connectivity index (χ1) is 12.7. The Morgan fingerprint density at radius 1 is 1.04 bits per heavy atom. The predicted octanol–water partition coefficient (Wildman–Crippen LogP) is 1.55. The zero-order valence-corrected chi connectivity index (χ0v) is 14.3. The fourth-order valence-corrected chi connectivity index (χ4v) is 2.66. The Morgan fingerprint density at radius 3 is 2.46 bits per heavy atom. The first-order valence-corrected chi connectivity index (χ1v) is 8.17. The van der Waals surface area contributed by atoms with Gasteiger partial charge in [0.25, 0.3) is 0 Å². The fraction of sp³-hybridized carbons (Fsp3) is 0.158.